The maximum atomic E-state index is 13.4. The molecule has 0 saturated carbocycles. The fraction of sp³-hybridized carbons (Fsp3) is 0.214. The molecule has 0 aliphatic heterocycles. The van der Waals surface area contributed by atoms with Crippen molar-refractivity contribution in [2.75, 3.05) is 7.11 Å². The van der Waals surface area contributed by atoms with Gasteiger partial charge in [-0.15, -0.1) is 0 Å². The van der Waals surface area contributed by atoms with Crippen LogP contribution in [0.3, 0.4) is 0 Å². The minimum absolute atomic E-state index is 0.00944. The van der Waals surface area contributed by atoms with E-state index < -0.39 is 5.97 Å². The smallest absolute Gasteiger partial charge is 0.335 e. The average Bonchev–Trinajstić information content (AvgIpc) is 2.93. The Morgan fingerprint density at radius 2 is 1.92 bits per heavy atom. The molecule has 0 aliphatic carbocycles. The number of aromatic carboxylic acids is 1. The number of hydrogen-bond donors (Lipinski definition) is 1. The van der Waals surface area contributed by atoms with Crippen molar-refractivity contribution in [2.24, 2.45) is 5.10 Å². The lowest BCUT2D eigenvalue weighted by Crippen LogP contribution is -2.23. The van der Waals surface area contributed by atoms with Crippen molar-refractivity contribution in [3.05, 3.63) is 95.4 Å². The third-order valence-electron chi connectivity index (χ3n) is 6.16. The van der Waals surface area contributed by atoms with Crippen LogP contribution in [0, 0.1) is 0 Å². The molecule has 0 bridgehead atoms. The largest absolute Gasteiger partial charge is 0.493 e. The number of halogens is 3. The van der Waals surface area contributed by atoms with Crippen LogP contribution in [-0.4, -0.2) is 34.1 Å². The molecule has 0 amide bonds. The SMILES string of the molecule is CC[C@@H](C)c1nc2ccc(Br)cc2c(=O)n1N=Cc1cc(OC)c(OCc2ccc(C(=O)O)cc2)c(Cl)c1Br. The van der Waals surface area contributed by atoms with Crippen LogP contribution in [0.25, 0.3) is 10.9 Å². The van der Waals surface area contributed by atoms with Crippen molar-refractivity contribution in [3.63, 3.8) is 0 Å². The second-order valence-corrected chi connectivity index (χ2v) is 10.8. The van der Waals surface area contributed by atoms with Gasteiger partial charge in [0, 0.05) is 20.4 Å². The number of ether oxygens (including phenoxy) is 2. The topological polar surface area (TPSA) is 103 Å². The molecule has 1 atom stereocenters. The van der Waals surface area contributed by atoms with E-state index in [1.54, 1.807) is 30.3 Å². The van der Waals surface area contributed by atoms with Crippen molar-refractivity contribution in [1.82, 2.24) is 9.66 Å². The van der Waals surface area contributed by atoms with Crippen LogP contribution in [0.15, 0.2) is 67.4 Å². The zero-order chi connectivity index (χ0) is 28.3. The first kappa shape index (κ1) is 28.8. The van der Waals surface area contributed by atoms with E-state index in [1.807, 2.05) is 19.9 Å². The Labute approximate surface area is 246 Å². The minimum Gasteiger partial charge on any atom is -0.493 e. The van der Waals surface area contributed by atoms with Crippen LogP contribution >= 0.6 is 43.5 Å². The molecule has 4 rings (SSSR count). The van der Waals surface area contributed by atoms with E-state index in [9.17, 15) is 9.59 Å². The summed E-state index contributed by atoms with van der Waals surface area (Å²) in [7, 11) is 1.49. The number of benzene rings is 3. The van der Waals surface area contributed by atoms with Gasteiger partial charge in [0.25, 0.3) is 5.56 Å². The van der Waals surface area contributed by atoms with Crippen LogP contribution in [-0.2, 0) is 6.61 Å². The second kappa shape index (κ2) is 12.3. The molecule has 39 heavy (non-hydrogen) atoms. The Morgan fingerprint density at radius 1 is 1.21 bits per heavy atom. The number of carbonyl (C=O) groups is 1. The van der Waals surface area contributed by atoms with Gasteiger partial charge in [-0.05, 0) is 64.3 Å². The van der Waals surface area contributed by atoms with Crippen LogP contribution in [0.4, 0.5) is 0 Å². The lowest BCUT2D eigenvalue weighted by molar-refractivity contribution is 0.0697. The molecule has 0 radical (unpaired) electrons. The molecule has 11 heteroatoms. The molecule has 4 aromatic rings. The van der Waals surface area contributed by atoms with Crippen molar-refractivity contribution < 1.29 is 19.4 Å². The summed E-state index contributed by atoms with van der Waals surface area (Å²) in [4.78, 5) is 29.2. The first-order valence-corrected chi connectivity index (χ1v) is 13.9. The molecule has 8 nitrogen and oxygen atoms in total. The minimum atomic E-state index is -1.00. The van der Waals surface area contributed by atoms with Crippen molar-refractivity contribution in [3.8, 4) is 11.5 Å². The van der Waals surface area contributed by atoms with Crippen molar-refractivity contribution in [1.29, 1.82) is 0 Å². The summed E-state index contributed by atoms with van der Waals surface area (Å²) in [6.45, 7) is 4.16. The van der Waals surface area contributed by atoms with Crippen LogP contribution in [0.2, 0.25) is 5.02 Å². The van der Waals surface area contributed by atoms with E-state index >= 15 is 0 Å². The first-order chi connectivity index (χ1) is 18.6. The quantitative estimate of drug-likeness (QED) is 0.187. The highest BCUT2D eigenvalue weighted by Gasteiger charge is 2.19. The van der Waals surface area contributed by atoms with E-state index in [0.717, 1.165) is 16.5 Å². The highest BCUT2D eigenvalue weighted by Crippen LogP contribution is 2.42. The van der Waals surface area contributed by atoms with Crippen LogP contribution < -0.4 is 15.0 Å². The van der Waals surface area contributed by atoms with Gasteiger partial charge < -0.3 is 14.6 Å². The van der Waals surface area contributed by atoms with E-state index in [2.05, 4.69) is 37.0 Å². The highest BCUT2D eigenvalue weighted by atomic mass is 79.9. The normalized spacial score (nSPS) is 12.2. The standard InChI is InChI=1S/C28H24Br2ClN3O5/c1-4-15(2)26-33-21-10-9-19(29)12-20(21)27(35)34(26)32-13-18-11-22(38-3)25(24(31)23(18)30)39-14-16-5-7-17(8-6-16)28(36)37/h5-13,15H,4,14H2,1-3H3,(H,36,37)/t15-/m1/s1. The number of fused-ring (bicyclic) bond motifs is 1. The summed E-state index contributed by atoms with van der Waals surface area (Å²) in [5.74, 6) is 0.211. The van der Waals surface area contributed by atoms with Gasteiger partial charge >= 0.3 is 5.97 Å². The van der Waals surface area contributed by atoms with E-state index in [1.165, 1.54) is 30.1 Å². The van der Waals surface area contributed by atoms with Crippen molar-refractivity contribution >= 4 is 66.5 Å². The predicted molar refractivity (Wildman–Crippen MR) is 159 cm³/mol. The number of hydrogen-bond acceptors (Lipinski definition) is 6. The lowest BCUT2D eigenvalue weighted by Gasteiger charge is -2.16. The van der Waals surface area contributed by atoms with Gasteiger partial charge in [0.1, 0.15) is 17.5 Å². The fourth-order valence-corrected chi connectivity index (χ4v) is 4.80. The number of carboxylic acid groups (broad SMARTS) is 1. The molecule has 1 aromatic heterocycles. The zero-order valence-corrected chi connectivity index (χ0v) is 25.2. The number of carboxylic acids is 1. The Balaban J connectivity index is 1.70. The molecule has 0 spiro atoms. The summed E-state index contributed by atoms with van der Waals surface area (Å²) >= 11 is 13.6. The van der Waals surface area contributed by atoms with Gasteiger partial charge in [-0.1, -0.05) is 53.5 Å². The van der Waals surface area contributed by atoms with Crippen LogP contribution in [0.1, 0.15) is 53.5 Å². The number of methoxy groups -OCH3 is 1. The van der Waals surface area contributed by atoms with Gasteiger partial charge in [-0.25, -0.2) is 9.78 Å². The molecular formula is C28H24Br2ClN3O5. The van der Waals surface area contributed by atoms with E-state index in [-0.39, 0.29) is 28.7 Å². The third kappa shape index (κ3) is 6.18. The fourth-order valence-electron chi connectivity index (χ4n) is 3.78. The predicted octanol–water partition coefficient (Wildman–Crippen LogP) is 7.26. The molecule has 1 heterocycles. The van der Waals surface area contributed by atoms with Crippen molar-refractivity contribution in [2.45, 2.75) is 32.8 Å². The summed E-state index contributed by atoms with van der Waals surface area (Å²) in [5.41, 5.74) is 1.83. The summed E-state index contributed by atoms with van der Waals surface area (Å²) in [6.07, 6.45) is 2.30. The molecule has 0 unspecified atom stereocenters. The molecule has 202 valence electrons. The average molecular weight is 678 g/mol. The van der Waals surface area contributed by atoms with Gasteiger partial charge in [0.15, 0.2) is 11.5 Å². The summed E-state index contributed by atoms with van der Waals surface area (Å²) in [5, 5.41) is 14.3. The maximum Gasteiger partial charge on any atom is 0.335 e. The molecule has 0 fully saturated rings. The molecular weight excluding hydrogens is 654 g/mol. The number of aromatic nitrogens is 2. The molecule has 3 aromatic carbocycles. The van der Waals surface area contributed by atoms with E-state index in [0.29, 0.717) is 38.3 Å². The lowest BCUT2D eigenvalue weighted by atomic mass is 10.1. The highest BCUT2D eigenvalue weighted by molar-refractivity contribution is 9.10. The van der Waals surface area contributed by atoms with E-state index in [4.69, 9.17) is 31.2 Å². The number of nitrogens with zero attached hydrogens (tertiary/aromatic N) is 3. The maximum absolute atomic E-state index is 13.4. The van der Waals surface area contributed by atoms with Crippen LogP contribution in [0.5, 0.6) is 11.5 Å². The Hall–Kier alpha value is -3.21. The zero-order valence-electron chi connectivity index (χ0n) is 21.2. The monoisotopic (exact) mass is 675 g/mol. The van der Waals surface area contributed by atoms with Gasteiger partial charge in [-0.3, -0.25) is 4.79 Å². The summed E-state index contributed by atoms with van der Waals surface area (Å²) < 4.78 is 14.1. The second-order valence-electron chi connectivity index (χ2n) is 8.72. The molecule has 0 saturated heterocycles. The Morgan fingerprint density at radius 3 is 2.56 bits per heavy atom. The third-order valence-corrected chi connectivity index (χ3v) is 8.10. The Kier molecular flexibility index (Phi) is 9.09. The summed E-state index contributed by atoms with van der Waals surface area (Å²) in [6, 6.07) is 13.4. The first-order valence-electron chi connectivity index (χ1n) is 11.9. The Bertz CT molecular complexity index is 1640. The molecule has 1 N–H and O–H groups in total. The number of rotatable bonds is 9. The van der Waals surface area contributed by atoms with Gasteiger partial charge in [0.2, 0.25) is 0 Å². The molecule has 0 aliphatic rings. The van der Waals surface area contributed by atoms with Gasteiger partial charge in [0.05, 0.1) is 29.8 Å². The van der Waals surface area contributed by atoms with Gasteiger partial charge in [-0.2, -0.15) is 9.78 Å².